The topological polar surface area (TPSA) is 78.7 Å². The van der Waals surface area contributed by atoms with Gasteiger partial charge in [0.25, 0.3) is 0 Å². The number of alkyl halides is 3. The summed E-state index contributed by atoms with van der Waals surface area (Å²) < 4.78 is 33.9. The molecule has 4 rings (SSSR count). The first kappa shape index (κ1) is 25.2. The Labute approximate surface area is 194 Å². The van der Waals surface area contributed by atoms with Gasteiger partial charge in [-0.3, -0.25) is 14.4 Å². The number of hydrogen-bond donors (Lipinski definition) is 1. The van der Waals surface area contributed by atoms with Gasteiger partial charge < -0.3 is 10.0 Å². The van der Waals surface area contributed by atoms with Crippen molar-refractivity contribution in [3.63, 3.8) is 0 Å². The van der Waals surface area contributed by atoms with Gasteiger partial charge in [-0.2, -0.15) is 18.3 Å². The second-order valence-electron chi connectivity index (χ2n) is 8.89. The molecule has 0 bridgehead atoms. The zero-order valence-corrected chi connectivity index (χ0v) is 19.7. The van der Waals surface area contributed by atoms with Gasteiger partial charge in [-0.05, 0) is 44.2 Å². The Balaban J connectivity index is 0.000000383. The van der Waals surface area contributed by atoms with Crippen LogP contribution in [0.5, 0.6) is 0 Å². The number of halogens is 3. The molecule has 2 atom stereocenters. The summed E-state index contributed by atoms with van der Waals surface area (Å²) >= 11 is 1.80. The third kappa shape index (κ3) is 5.40. The third-order valence-corrected chi connectivity index (χ3v) is 7.11. The van der Waals surface area contributed by atoms with Crippen LogP contribution in [0.2, 0.25) is 0 Å². The van der Waals surface area contributed by atoms with Gasteiger partial charge in [0.2, 0.25) is 5.91 Å². The zero-order valence-electron chi connectivity index (χ0n) is 18.9. The third-order valence-electron chi connectivity index (χ3n) is 6.25. The molecule has 1 spiro atoms. The summed E-state index contributed by atoms with van der Waals surface area (Å²) in [6.07, 6.45) is -1.13. The molecule has 2 aliphatic rings. The van der Waals surface area contributed by atoms with E-state index >= 15 is 0 Å². The summed E-state index contributed by atoms with van der Waals surface area (Å²) in [6, 6.07) is 6.73. The van der Waals surface area contributed by atoms with Crippen LogP contribution >= 0.6 is 11.3 Å². The number of carboxylic acid groups (broad SMARTS) is 1. The second-order valence-corrected chi connectivity index (χ2v) is 9.92. The van der Waals surface area contributed by atoms with E-state index in [1.807, 2.05) is 18.1 Å². The quantitative estimate of drug-likeness (QED) is 0.707. The number of likely N-dealkylation sites (tertiary alicyclic amines) is 2. The second kappa shape index (κ2) is 9.84. The van der Waals surface area contributed by atoms with Gasteiger partial charge in [0, 0.05) is 62.0 Å². The van der Waals surface area contributed by atoms with Crippen molar-refractivity contribution < 1.29 is 27.9 Å². The van der Waals surface area contributed by atoms with Crippen molar-refractivity contribution in [2.45, 2.75) is 51.4 Å². The largest absolute Gasteiger partial charge is 0.490 e. The van der Waals surface area contributed by atoms with Crippen LogP contribution in [-0.2, 0) is 16.1 Å². The monoisotopic (exact) mass is 486 g/mol. The highest BCUT2D eigenvalue weighted by Gasteiger charge is 2.55. The Morgan fingerprint density at radius 2 is 2.06 bits per heavy atom. The van der Waals surface area contributed by atoms with Crippen molar-refractivity contribution in [3.05, 3.63) is 40.3 Å². The molecule has 0 aromatic carbocycles. The molecule has 7 nitrogen and oxygen atoms in total. The van der Waals surface area contributed by atoms with E-state index < -0.39 is 12.1 Å². The van der Waals surface area contributed by atoms with Crippen LogP contribution in [0.3, 0.4) is 0 Å². The summed E-state index contributed by atoms with van der Waals surface area (Å²) in [5.74, 6) is -2.23. The molecule has 0 saturated carbocycles. The van der Waals surface area contributed by atoms with Crippen LogP contribution in [0, 0.1) is 5.41 Å². The molecule has 182 valence electrons. The lowest BCUT2D eigenvalue weighted by molar-refractivity contribution is -0.192. The Kier molecular flexibility index (Phi) is 7.52. The van der Waals surface area contributed by atoms with E-state index in [0.717, 1.165) is 39.0 Å². The van der Waals surface area contributed by atoms with Gasteiger partial charge in [0.05, 0.1) is 5.41 Å². The van der Waals surface area contributed by atoms with Gasteiger partial charge in [0.1, 0.15) is 0 Å². The highest BCUT2D eigenvalue weighted by Crippen LogP contribution is 2.49. The van der Waals surface area contributed by atoms with Crippen molar-refractivity contribution >= 4 is 23.2 Å². The van der Waals surface area contributed by atoms with Crippen molar-refractivity contribution in [1.29, 1.82) is 0 Å². The molecule has 1 amide bonds. The first-order valence-electron chi connectivity index (χ1n) is 10.8. The number of carbonyl (C=O) groups is 2. The minimum Gasteiger partial charge on any atom is -0.475 e. The molecule has 4 heterocycles. The van der Waals surface area contributed by atoms with E-state index in [2.05, 4.69) is 52.1 Å². The van der Waals surface area contributed by atoms with E-state index in [1.54, 1.807) is 11.3 Å². The van der Waals surface area contributed by atoms with Crippen molar-refractivity contribution in [2.24, 2.45) is 5.41 Å². The van der Waals surface area contributed by atoms with Gasteiger partial charge in [-0.15, -0.1) is 11.3 Å². The molecule has 2 fully saturated rings. The molecule has 1 N–H and O–H groups in total. The fraction of sp³-hybridized carbons (Fsp3) is 0.591. The number of amides is 1. The van der Waals surface area contributed by atoms with E-state index in [4.69, 9.17) is 9.90 Å². The molecular weight excluding hydrogens is 457 g/mol. The van der Waals surface area contributed by atoms with Crippen LogP contribution in [-0.4, -0.2) is 69.4 Å². The summed E-state index contributed by atoms with van der Waals surface area (Å²) in [5.41, 5.74) is 0.911. The Morgan fingerprint density at radius 3 is 2.64 bits per heavy atom. The number of piperidine rings is 1. The summed E-state index contributed by atoms with van der Waals surface area (Å²) in [4.78, 5) is 28.0. The first-order valence-corrected chi connectivity index (χ1v) is 11.7. The van der Waals surface area contributed by atoms with Crippen molar-refractivity contribution in [3.8, 4) is 0 Å². The Hall–Kier alpha value is -2.40. The maximum Gasteiger partial charge on any atom is 0.490 e. The van der Waals surface area contributed by atoms with Gasteiger partial charge >= 0.3 is 12.1 Å². The number of hydrogen-bond acceptors (Lipinski definition) is 5. The normalized spacial score (nSPS) is 23.8. The number of rotatable bonds is 4. The molecular formula is C22H29F3N4O3S. The highest BCUT2D eigenvalue weighted by molar-refractivity contribution is 7.09. The number of carboxylic acids is 1. The molecule has 33 heavy (non-hydrogen) atoms. The molecule has 2 aromatic rings. The lowest BCUT2D eigenvalue weighted by Gasteiger charge is -2.41. The number of thiophene rings is 1. The van der Waals surface area contributed by atoms with Crippen molar-refractivity contribution in [2.75, 3.05) is 26.7 Å². The predicted octanol–water partition coefficient (Wildman–Crippen LogP) is 4.00. The molecule has 0 unspecified atom stereocenters. The Bertz CT molecular complexity index is 960. The smallest absolute Gasteiger partial charge is 0.475 e. The molecule has 2 saturated heterocycles. The average Bonchev–Trinajstić information content (AvgIpc) is 3.46. The average molecular weight is 487 g/mol. The van der Waals surface area contributed by atoms with E-state index in [1.165, 1.54) is 10.6 Å². The SMILES string of the molecule is CC(C)n1nccc1[C@@H]1CN(Cc2cccs2)C[C@]12CCCN(C)C2=O.O=C(O)C(F)(F)F. The van der Waals surface area contributed by atoms with Crippen LogP contribution in [0.25, 0.3) is 0 Å². The fourth-order valence-corrected chi connectivity index (χ4v) is 5.59. The molecule has 0 aliphatic carbocycles. The van der Waals surface area contributed by atoms with Crippen LogP contribution in [0.4, 0.5) is 13.2 Å². The number of carbonyl (C=O) groups excluding carboxylic acids is 1. The van der Waals surface area contributed by atoms with Gasteiger partial charge in [0.15, 0.2) is 0 Å². The Morgan fingerprint density at radius 1 is 1.36 bits per heavy atom. The fourth-order valence-electron chi connectivity index (χ4n) is 4.85. The molecule has 2 aliphatic heterocycles. The maximum atomic E-state index is 13.4. The van der Waals surface area contributed by atoms with Crippen LogP contribution in [0.1, 0.15) is 49.2 Å². The van der Waals surface area contributed by atoms with Crippen molar-refractivity contribution in [1.82, 2.24) is 19.6 Å². The number of aromatic nitrogens is 2. The zero-order chi connectivity index (χ0) is 24.4. The number of aliphatic carboxylic acids is 1. The minimum atomic E-state index is -5.08. The van der Waals surface area contributed by atoms with Gasteiger partial charge in [-0.25, -0.2) is 4.79 Å². The maximum absolute atomic E-state index is 13.4. The van der Waals surface area contributed by atoms with E-state index in [-0.39, 0.29) is 11.3 Å². The van der Waals surface area contributed by atoms with Crippen LogP contribution in [0.15, 0.2) is 29.8 Å². The van der Waals surface area contributed by atoms with E-state index in [9.17, 15) is 18.0 Å². The standard InChI is InChI=1S/C20H28N4OS.C2HF3O2/c1-15(2)24-18(7-9-21-24)17-13-23(12-16-6-4-11-26-16)14-20(17)8-5-10-22(3)19(20)25;3-2(4,5)1(6)7/h4,6-7,9,11,15,17H,5,8,10,12-14H2,1-3H3;(H,6,7)/t17-,20+;/m0./s1. The van der Waals surface area contributed by atoms with E-state index in [0.29, 0.717) is 11.9 Å². The minimum absolute atomic E-state index is 0.211. The highest BCUT2D eigenvalue weighted by atomic mass is 32.1. The lowest BCUT2D eigenvalue weighted by Crippen LogP contribution is -2.50. The number of nitrogens with zero attached hydrogens (tertiary/aromatic N) is 4. The summed E-state index contributed by atoms with van der Waals surface area (Å²) in [7, 11) is 1.96. The molecule has 11 heteroatoms. The van der Waals surface area contributed by atoms with Gasteiger partial charge in [-0.1, -0.05) is 6.07 Å². The first-order chi connectivity index (χ1) is 15.5. The summed E-state index contributed by atoms with van der Waals surface area (Å²) in [6.45, 7) is 7.91. The summed E-state index contributed by atoms with van der Waals surface area (Å²) in [5, 5.41) is 13.8. The van der Waals surface area contributed by atoms with Crippen LogP contribution < -0.4 is 0 Å². The predicted molar refractivity (Wildman–Crippen MR) is 118 cm³/mol. The lowest BCUT2D eigenvalue weighted by atomic mass is 9.70. The molecule has 2 aromatic heterocycles. The molecule has 0 radical (unpaired) electrons.